The number of amides is 1. The van der Waals surface area contributed by atoms with Crippen molar-refractivity contribution in [3.05, 3.63) is 53.6 Å². The molecule has 0 saturated carbocycles. The molecule has 2 aromatic rings. The second-order valence-electron chi connectivity index (χ2n) is 6.75. The molecule has 0 aliphatic rings. The summed E-state index contributed by atoms with van der Waals surface area (Å²) in [5.74, 6) is 0.987. The third kappa shape index (κ3) is 6.67. The van der Waals surface area contributed by atoms with Gasteiger partial charge in [-0.05, 0) is 49.6 Å². The van der Waals surface area contributed by atoms with Gasteiger partial charge in [0.05, 0.1) is 26.2 Å². The molecule has 0 fully saturated rings. The van der Waals surface area contributed by atoms with Crippen molar-refractivity contribution in [3.63, 3.8) is 0 Å². The average molecular weight is 421 g/mol. The van der Waals surface area contributed by atoms with Gasteiger partial charge < -0.3 is 14.8 Å². The molecule has 1 N–H and O–H groups in total. The fraction of sp³-hybridized carbons (Fsp3) is 0.381. The van der Waals surface area contributed by atoms with E-state index in [2.05, 4.69) is 5.32 Å². The molecule has 0 heterocycles. The summed E-state index contributed by atoms with van der Waals surface area (Å²) in [5.41, 5.74) is 2.55. The Kier molecular flexibility index (Phi) is 7.90. The van der Waals surface area contributed by atoms with Crippen LogP contribution in [-0.2, 0) is 21.2 Å². The van der Waals surface area contributed by atoms with Crippen molar-refractivity contribution in [3.8, 4) is 11.5 Å². The van der Waals surface area contributed by atoms with Gasteiger partial charge in [-0.1, -0.05) is 23.8 Å². The molecule has 0 radical (unpaired) electrons. The molecule has 0 aliphatic heterocycles. The van der Waals surface area contributed by atoms with Gasteiger partial charge in [0.2, 0.25) is 15.9 Å². The van der Waals surface area contributed by atoms with Gasteiger partial charge in [0.1, 0.15) is 6.54 Å². The van der Waals surface area contributed by atoms with Crippen molar-refractivity contribution >= 4 is 21.6 Å². The minimum atomic E-state index is -3.57. The predicted octanol–water partition coefficient (Wildman–Crippen LogP) is 2.53. The lowest BCUT2D eigenvalue weighted by Crippen LogP contribution is -2.40. The Balaban J connectivity index is 1.89. The zero-order valence-electron chi connectivity index (χ0n) is 17.3. The minimum Gasteiger partial charge on any atom is -0.493 e. The number of ether oxygens (including phenoxy) is 2. The van der Waals surface area contributed by atoms with Crippen LogP contribution in [0.5, 0.6) is 11.5 Å². The Bertz CT molecular complexity index is 927. The molecule has 0 saturated heterocycles. The van der Waals surface area contributed by atoms with Gasteiger partial charge >= 0.3 is 0 Å². The number of carbonyl (C=O) groups excluding carboxylic acids is 1. The monoisotopic (exact) mass is 420 g/mol. The number of carbonyl (C=O) groups is 1. The van der Waals surface area contributed by atoms with Crippen LogP contribution >= 0.6 is 0 Å². The number of nitrogens with one attached hydrogen (secondary N) is 1. The van der Waals surface area contributed by atoms with Gasteiger partial charge in [0.15, 0.2) is 11.5 Å². The van der Waals surface area contributed by atoms with Crippen LogP contribution in [0.3, 0.4) is 0 Å². The molecule has 0 aromatic heterocycles. The van der Waals surface area contributed by atoms with Crippen LogP contribution in [0.4, 0.5) is 5.69 Å². The van der Waals surface area contributed by atoms with Crippen LogP contribution in [0.1, 0.15) is 17.5 Å². The summed E-state index contributed by atoms with van der Waals surface area (Å²) in [6, 6.07) is 12.7. The Hall–Kier alpha value is -2.74. The smallest absolute Gasteiger partial charge is 0.240 e. The Labute approximate surface area is 172 Å². The zero-order chi connectivity index (χ0) is 21.4. The molecule has 29 heavy (non-hydrogen) atoms. The molecule has 8 heteroatoms. The number of anilines is 1. The van der Waals surface area contributed by atoms with Crippen molar-refractivity contribution in [1.82, 2.24) is 5.32 Å². The molecule has 0 bridgehead atoms. The van der Waals surface area contributed by atoms with Crippen molar-refractivity contribution in [2.24, 2.45) is 0 Å². The van der Waals surface area contributed by atoms with Gasteiger partial charge in [-0.3, -0.25) is 9.10 Å². The molecule has 158 valence electrons. The predicted molar refractivity (Wildman–Crippen MR) is 114 cm³/mol. The number of methoxy groups -OCH3 is 2. The zero-order valence-corrected chi connectivity index (χ0v) is 18.1. The van der Waals surface area contributed by atoms with E-state index in [1.807, 2.05) is 37.3 Å². The second-order valence-corrected chi connectivity index (χ2v) is 8.65. The molecular weight excluding hydrogens is 392 g/mol. The van der Waals surface area contributed by atoms with E-state index in [-0.39, 0.29) is 12.5 Å². The molecule has 0 spiro atoms. The van der Waals surface area contributed by atoms with Gasteiger partial charge in [-0.25, -0.2) is 8.42 Å². The fourth-order valence-electron chi connectivity index (χ4n) is 2.85. The number of hydrogen-bond acceptors (Lipinski definition) is 5. The Morgan fingerprint density at radius 1 is 1.03 bits per heavy atom. The van der Waals surface area contributed by atoms with E-state index in [0.717, 1.165) is 28.1 Å². The molecule has 0 unspecified atom stereocenters. The first-order valence-corrected chi connectivity index (χ1v) is 11.1. The molecule has 2 aromatic carbocycles. The van der Waals surface area contributed by atoms with Gasteiger partial charge in [-0.2, -0.15) is 0 Å². The Morgan fingerprint density at radius 3 is 2.28 bits per heavy atom. The molecule has 1 amide bonds. The van der Waals surface area contributed by atoms with Crippen LogP contribution in [0.2, 0.25) is 0 Å². The second kappa shape index (κ2) is 10.2. The van der Waals surface area contributed by atoms with Crippen LogP contribution < -0.4 is 19.1 Å². The summed E-state index contributed by atoms with van der Waals surface area (Å²) in [7, 11) is -0.394. The number of nitrogens with zero attached hydrogens (tertiary/aromatic N) is 1. The highest BCUT2D eigenvalue weighted by Crippen LogP contribution is 2.27. The number of hydrogen-bond donors (Lipinski definition) is 1. The van der Waals surface area contributed by atoms with E-state index < -0.39 is 10.0 Å². The average Bonchev–Trinajstić information content (AvgIpc) is 2.69. The topological polar surface area (TPSA) is 84.9 Å². The summed E-state index contributed by atoms with van der Waals surface area (Å²) in [6.45, 7) is 2.11. The summed E-state index contributed by atoms with van der Waals surface area (Å²) < 4.78 is 35.8. The molecular formula is C21H28N2O5S. The van der Waals surface area contributed by atoms with E-state index in [9.17, 15) is 13.2 Å². The maximum atomic E-state index is 12.3. The lowest BCUT2D eigenvalue weighted by Gasteiger charge is -2.22. The maximum Gasteiger partial charge on any atom is 0.240 e. The van der Waals surface area contributed by atoms with Crippen molar-refractivity contribution < 1.29 is 22.7 Å². The van der Waals surface area contributed by atoms with Crippen molar-refractivity contribution in [2.75, 3.05) is 37.9 Å². The molecule has 7 nitrogen and oxygen atoms in total. The van der Waals surface area contributed by atoms with Gasteiger partial charge in [0.25, 0.3) is 0 Å². The third-order valence-electron chi connectivity index (χ3n) is 4.42. The largest absolute Gasteiger partial charge is 0.493 e. The number of rotatable bonds is 10. The maximum absolute atomic E-state index is 12.3. The van der Waals surface area contributed by atoms with Crippen molar-refractivity contribution in [1.29, 1.82) is 0 Å². The highest BCUT2D eigenvalue weighted by Gasteiger charge is 2.20. The van der Waals surface area contributed by atoms with Crippen molar-refractivity contribution in [2.45, 2.75) is 19.8 Å². The van der Waals surface area contributed by atoms with Crippen LogP contribution in [-0.4, -0.2) is 47.9 Å². The van der Waals surface area contributed by atoms with Gasteiger partial charge in [-0.15, -0.1) is 0 Å². The molecule has 0 atom stereocenters. The molecule has 2 rings (SSSR count). The van der Waals surface area contributed by atoms with E-state index in [0.29, 0.717) is 30.2 Å². The summed E-state index contributed by atoms with van der Waals surface area (Å²) in [4.78, 5) is 12.3. The number of aryl methyl sites for hydroxylation is 2. The van der Waals surface area contributed by atoms with E-state index in [4.69, 9.17) is 9.47 Å². The van der Waals surface area contributed by atoms with Crippen LogP contribution in [0.15, 0.2) is 42.5 Å². The number of benzene rings is 2. The first kappa shape index (κ1) is 22.5. The first-order chi connectivity index (χ1) is 13.7. The summed E-state index contributed by atoms with van der Waals surface area (Å²) in [6.07, 6.45) is 2.55. The highest BCUT2D eigenvalue weighted by atomic mass is 32.2. The lowest BCUT2D eigenvalue weighted by atomic mass is 10.1. The normalized spacial score (nSPS) is 11.0. The first-order valence-electron chi connectivity index (χ1n) is 9.26. The molecule has 0 aliphatic carbocycles. The van der Waals surface area contributed by atoms with Crippen LogP contribution in [0, 0.1) is 6.92 Å². The summed E-state index contributed by atoms with van der Waals surface area (Å²) >= 11 is 0. The van der Waals surface area contributed by atoms with E-state index in [1.54, 1.807) is 26.4 Å². The van der Waals surface area contributed by atoms with E-state index >= 15 is 0 Å². The standard InChI is InChI=1S/C21H28N2O5S/c1-16-7-10-18(11-8-16)23(29(4,25)26)15-21(24)22-13-5-6-17-9-12-19(27-2)20(14-17)28-3/h7-12,14H,5-6,13,15H2,1-4H3,(H,22,24). The summed E-state index contributed by atoms with van der Waals surface area (Å²) in [5, 5.41) is 2.79. The van der Waals surface area contributed by atoms with Crippen LogP contribution in [0.25, 0.3) is 0 Å². The highest BCUT2D eigenvalue weighted by molar-refractivity contribution is 7.92. The lowest BCUT2D eigenvalue weighted by molar-refractivity contribution is -0.119. The Morgan fingerprint density at radius 2 is 1.69 bits per heavy atom. The number of sulfonamides is 1. The third-order valence-corrected chi connectivity index (χ3v) is 5.56. The minimum absolute atomic E-state index is 0.252. The fourth-order valence-corrected chi connectivity index (χ4v) is 3.71. The quantitative estimate of drug-likeness (QED) is 0.597. The van der Waals surface area contributed by atoms with E-state index in [1.165, 1.54) is 0 Å². The van der Waals surface area contributed by atoms with Gasteiger partial charge in [0, 0.05) is 6.54 Å². The SMILES string of the molecule is COc1ccc(CCCNC(=O)CN(c2ccc(C)cc2)S(C)(=O)=O)cc1OC.